The molecule has 1 heterocycles. The molecule has 2 aromatic rings. The lowest BCUT2D eigenvalue weighted by Gasteiger charge is -2.13. The highest BCUT2D eigenvalue weighted by molar-refractivity contribution is 6.31. The van der Waals surface area contributed by atoms with Gasteiger partial charge in [-0.3, -0.25) is 10.2 Å². The Morgan fingerprint density at radius 2 is 2.00 bits per heavy atom. The van der Waals surface area contributed by atoms with Crippen molar-refractivity contribution in [2.45, 2.75) is 6.54 Å². The first-order valence-corrected chi connectivity index (χ1v) is 7.48. The average Bonchev–Trinajstić information content (AvgIpc) is 2.49. The molecule has 0 radical (unpaired) electrons. The van der Waals surface area contributed by atoms with Crippen LogP contribution < -0.4 is 16.5 Å². The number of hydrogen-bond donors (Lipinski definition) is 3. The molecule has 1 aromatic heterocycles. The molecule has 1 amide bonds. The van der Waals surface area contributed by atoms with Gasteiger partial charge in [-0.25, -0.2) is 0 Å². The molecule has 1 aromatic carbocycles. The minimum atomic E-state index is -0.555. The van der Waals surface area contributed by atoms with Gasteiger partial charge in [0.15, 0.2) is 0 Å². The number of benzene rings is 1. The minimum Gasteiger partial charge on any atom is -0.388 e. The Hall–Kier alpha value is -2.24. The monoisotopic (exact) mass is 350 g/mol. The van der Waals surface area contributed by atoms with Crippen LogP contribution >= 0.6 is 23.2 Å². The van der Waals surface area contributed by atoms with E-state index in [1.54, 1.807) is 36.0 Å². The molecule has 2 rings (SSSR count). The number of halogens is 2. The summed E-state index contributed by atoms with van der Waals surface area (Å²) < 4.78 is 1.65. The van der Waals surface area contributed by atoms with Crippen molar-refractivity contribution >= 4 is 34.8 Å². The zero-order valence-corrected chi connectivity index (χ0v) is 14.0. The molecule has 0 bridgehead atoms. The van der Waals surface area contributed by atoms with Gasteiger partial charge in [0.2, 0.25) is 5.91 Å². The molecule has 7 heteroatoms. The topological polar surface area (TPSA) is 83.9 Å². The summed E-state index contributed by atoms with van der Waals surface area (Å²) in [5.41, 5.74) is 7.79. The van der Waals surface area contributed by atoms with Crippen LogP contribution in [0.5, 0.6) is 0 Å². The summed E-state index contributed by atoms with van der Waals surface area (Å²) in [5.74, 6) is -0.555. The lowest BCUT2D eigenvalue weighted by molar-refractivity contribution is 0.1000. The van der Waals surface area contributed by atoms with E-state index in [0.29, 0.717) is 33.4 Å². The lowest BCUT2D eigenvalue weighted by Crippen LogP contribution is -2.26. The number of rotatable bonds is 5. The maximum Gasteiger partial charge on any atom is 0.248 e. The van der Waals surface area contributed by atoms with Crippen LogP contribution in [-0.2, 0) is 6.54 Å². The minimum absolute atomic E-state index is 0.245. The number of nitrogens with zero attached hydrogens (tertiary/aromatic N) is 1. The Bertz CT molecular complexity index is 842. The number of nitrogens with one attached hydrogen (secondary N) is 2. The van der Waals surface area contributed by atoms with Crippen molar-refractivity contribution in [1.29, 1.82) is 5.41 Å². The third kappa shape index (κ3) is 3.94. The van der Waals surface area contributed by atoms with E-state index in [1.165, 1.54) is 6.07 Å². The molecule has 0 aliphatic carbocycles. The Morgan fingerprint density at radius 1 is 1.30 bits per heavy atom. The third-order valence-electron chi connectivity index (χ3n) is 3.33. The summed E-state index contributed by atoms with van der Waals surface area (Å²) in [5, 5.41) is 12.1. The zero-order valence-electron chi connectivity index (χ0n) is 12.5. The quantitative estimate of drug-likeness (QED) is 0.774. The van der Waals surface area contributed by atoms with Gasteiger partial charge < -0.3 is 15.6 Å². The van der Waals surface area contributed by atoms with Gasteiger partial charge in [0, 0.05) is 41.6 Å². The largest absolute Gasteiger partial charge is 0.388 e. The Kier molecular flexibility index (Phi) is 5.13. The summed E-state index contributed by atoms with van der Waals surface area (Å²) in [7, 11) is 1.73. The van der Waals surface area contributed by atoms with Crippen molar-refractivity contribution in [3.05, 3.63) is 69.3 Å². The molecule has 5 nitrogen and oxygen atoms in total. The molecular formula is C16H16Cl2N4O. The second-order valence-electron chi connectivity index (χ2n) is 4.99. The van der Waals surface area contributed by atoms with Crippen LogP contribution in [0, 0.1) is 5.41 Å². The number of pyridine rings is 1. The van der Waals surface area contributed by atoms with Crippen LogP contribution in [0.2, 0.25) is 10.0 Å². The fourth-order valence-corrected chi connectivity index (χ4v) is 2.67. The molecule has 0 aliphatic rings. The van der Waals surface area contributed by atoms with E-state index < -0.39 is 5.91 Å². The molecule has 0 spiro atoms. The fraction of sp³-hybridized carbons (Fsp3) is 0.125. The van der Waals surface area contributed by atoms with E-state index >= 15 is 0 Å². The molecular weight excluding hydrogens is 335 g/mol. The number of hydrogen-bond acceptors (Lipinski definition) is 3. The number of carbonyl (C=O) groups excluding carboxylic acids is 1. The molecule has 23 heavy (non-hydrogen) atoms. The first-order valence-electron chi connectivity index (χ1n) is 6.72. The van der Waals surface area contributed by atoms with E-state index in [9.17, 15) is 4.79 Å². The van der Waals surface area contributed by atoms with E-state index in [-0.39, 0.29) is 5.49 Å². The van der Waals surface area contributed by atoms with E-state index in [2.05, 4.69) is 11.9 Å². The zero-order chi connectivity index (χ0) is 17.1. The standard InChI is InChI=1S/C16H16Cl2N4O/c1-9(21-2)14-6-13(18)8-22(15(14)19)7-10-3-11(16(20)23)5-12(17)4-10/h3-6,8,19,21H,1,7H2,2H3,(H2,20,23). The van der Waals surface area contributed by atoms with Crippen LogP contribution in [0.1, 0.15) is 21.5 Å². The van der Waals surface area contributed by atoms with Crippen LogP contribution in [0.25, 0.3) is 5.70 Å². The van der Waals surface area contributed by atoms with Gasteiger partial charge in [0.25, 0.3) is 0 Å². The van der Waals surface area contributed by atoms with Gasteiger partial charge in [-0.1, -0.05) is 29.8 Å². The second kappa shape index (κ2) is 6.89. The molecule has 0 atom stereocenters. The van der Waals surface area contributed by atoms with Crippen LogP contribution in [0.3, 0.4) is 0 Å². The van der Waals surface area contributed by atoms with Crippen LogP contribution in [0.15, 0.2) is 37.0 Å². The van der Waals surface area contributed by atoms with E-state index in [0.717, 1.165) is 5.56 Å². The van der Waals surface area contributed by atoms with Crippen molar-refractivity contribution in [1.82, 2.24) is 9.88 Å². The van der Waals surface area contributed by atoms with E-state index in [1.807, 2.05) is 0 Å². The second-order valence-corrected chi connectivity index (χ2v) is 5.86. The molecule has 0 saturated heterocycles. The number of aromatic nitrogens is 1. The highest BCUT2D eigenvalue weighted by Crippen LogP contribution is 2.17. The molecule has 120 valence electrons. The molecule has 0 unspecified atom stereocenters. The summed E-state index contributed by atoms with van der Waals surface area (Å²) >= 11 is 12.2. The van der Waals surface area contributed by atoms with Crippen molar-refractivity contribution in [3.8, 4) is 0 Å². The van der Waals surface area contributed by atoms with Crippen LogP contribution in [0.4, 0.5) is 0 Å². The summed E-state index contributed by atoms with van der Waals surface area (Å²) in [4.78, 5) is 11.3. The average molecular weight is 351 g/mol. The summed E-state index contributed by atoms with van der Waals surface area (Å²) in [6.07, 6.45) is 1.64. The molecule has 0 aliphatic heterocycles. The maximum atomic E-state index is 11.3. The number of nitrogens with two attached hydrogens (primary N) is 1. The molecule has 0 fully saturated rings. The molecule has 4 N–H and O–H groups in total. The Labute approximate surface area is 143 Å². The number of amides is 1. The van der Waals surface area contributed by atoms with Crippen LogP contribution in [-0.4, -0.2) is 17.5 Å². The normalized spacial score (nSPS) is 10.4. The Morgan fingerprint density at radius 3 is 2.61 bits per heavy atom. The van der Waals surface area contributed by atoms with Crippen molar-refractivity contribution in [2.24, 2.45) is 5.73 Å². The maximum absolute atomic E-state index is 11.3. The fourth-order valence-electron chi connectivity index (χ4n) is 2.18. The van der Waals surface area contributed by atoms with Gasteiger partial charge in [-0.15, -0.1) is 0 Å². The first kappa shape index (κ1) is 17.1. The smallest absolute Gasteiger partial charge is 0.248 e. The molecule has 0 saturated carbocycles. The summed E-state index contributed by atoms with van der Waals surface area (Å²) in [6.45, 7) is 4.18. The van der Waals surface area contributed by atoms with Crippen molar-refractivity contribution in [2.75, 3.05) is 7.05 Å². The predicted molar refractivity (Wildman–Crippen MR) is 92.5 cm³/mol. The van der Waals surface area contributed by atoms with E-state index in [4.69, 9.17) is 34.3 Å². The number of carbonyl (C=O) groups is 1. The van der Waals surface area contributed by atoms with Crippen molar-refractivity contribution < 1.29 is 4.79 Å². The van der Waals surface area contributed by atoms with Gasteiger partial charge >= 0.3 is 0 Å². The Balaban J connectivity index is 2.49. The first-order chi connectivity index (χ1) is 10.8. The van der Waals surface area contributed by atoms with Gasteiger partial charge in [0.1, 0.15) is 5.49 Å². The number of primary amides is 1. The van der Waals surface area contributed by atoms with Crippen molar-refractivity contribution in [3.63, 3.8) is 0 Å². The summed E-state index contributed by atoms with van der Waals surface area (Å²) in [6, 6.07) is 6.54. The predicted octanol–water partition coefficient (Wildman–Crippen LogP) is 2.61. The van der Waals surface area contributed by atoms with Gasteiger partial charge in [0.05, 0.1) is 5.02 Å². The highest BCUT2D eigenvalue weighted by Gasteiger charge is 2.09. The van der Waals surface area contributed by atoms with Gasteiger partial charge in [-0.2, -0.15) is 0 Å². The highest BCUT2D eigenvalue weighted by atomic mass is 35.5. The SMILES string of the molecule is C=C(NC)c1cc(Cl)cn(Cc2cc(Cl)cc(C(N)=O)c2)c1=N. The van der Waals surface area contributed by atoms with Gasteiger partial charge in [-0.05, 0) is 29.8 Å². The third-order valence-corrected chi connectivity index (χ3v) is 3.75. The lowest BCUT2D eigenvalue weighted by atomic mass is 10.1.